The zero-order valence-corrected chi connectivity index (χ0v) is 20.2. The van der Waals surface area contributed by atoms with Gasteiger partial charge in [-0.2, -0.15) is 0 Å². The van der Waals surface area contributed by atoms with Gasteiger partial charge in [-0.15, -0.1) is 0 Å². The van der Waals surface area contributed by atoms with Gasteiger partial charge in [-0.25, -0.2) is 0 Å². The third-order valence-electron chi connectivity index (χ3n) is 6.08. The molecule has 0 nitrogen and oxygen atoms in total. The summed E-state index contributed by atoms with van der Waals surface area (Å²) in [4.78, 5) is 0. The van der Waals surface area contributed by atoms with E-state index in [0.717, 1.165) is 0 Å². The summed E-state index contributed by atoms with van der Waals surface area (Å²) in [6, 6.07) is 22.9. The normalized spacial score (nSPS) is 18.6. The predicted octanol–water partition coefficient (Wildman–Crippen LogP) is -1.36. The third kappa shape index (κ3) is 3.00. The number of hydrogen-bond donors (Lipinski definition) is 0. The van der Waals surface area contributed by atoms with Crippen molar-refractivity contribution in [2.45, 2.75) is 26.7 Å². The van der Waals surface area contributed by atoms with E-state index in [4.69, 9.17) is 0 Å². The van der Waals surface area contributed by atoms with Gasteiger partial charge in [-0.05, 0) is 0 Å². The molecule has 2 aromatic carbocycles. The zero-order chi connectivity index (χ0) is 17.7. The van der Waals surface area contributed by atoms with Crippen molar-refractivity contribution in [2.75, 3.05) is 0 Å². The molecule has 0 fully saturated rings. The molecule has 0 N–H and O–H groups in total. The molecule has 0 amide bonds. The molecule has 0 radical (unpaired) electrons. The van der Waals surface area contributed by atoms with E-state index in [1.54, 1.807) is 31.9 Å². The van der Waals surface area contributed by atoms with E-state index < -0.39 is 8.07 Å². The molecule has 28 heavy (non-hydrogen) atoms. The molecule has 0 unspecified atom stereocenters. The van der Waals surface area contributed by atoms with E-state index >= 15 is 0 Å². The predicted molar refractivity (Wildman–Crippen MR) is 109 cm³/mol. The van der Waals surface area contributed by atoms with Crippen LogP contribution in [0.3, 0.4) is 0 Å². The average molecular weight is 457 g/mol. The summed E-state index contributed by atoms with van der Waals surface area (Å²) in [6.45, 7) is 4.73. The number of halogens is 2. The molecule has 0 spiro atoms. The van der Waals surface area contributed by atoms with Crippen LogP contribution in [0.5, 0.6) is 0 Å². The van der Waals surface area contributed by atoms with E-state index in [9.17, 15) is 0 Å². The maximum atomic E-state index is 2.50. The molecule has 0 saturated heterocycles. The Morgan fingerprint density at radius 2 is 1.04 bits per heavy atom. The Labute approximate surface area is 190 Å². The first-order valence-corrected chi connectivity index (χ1v) is 13.0. The van der Waals surface area contributed by atoms with Crippen LogP contribution in [0.25, 0.3) is 0 Å². The number of allylic oxidation sites excluding steroid dienone is 8. The van der Waals surface area contributed by atoms with Crippen LogP contribution in [0.4, 0.5) is 0 Å². The second-order valence-corrected chi connectivity index (χ2v) is 13.4. The molecule has 4 heteroatoms. The monoisotopic (exact) mass is 456 g/mol. The second-order valence-electron chi connectivity index (χ2n) is 7.50. The molecule has 0 saturated carbocycles. The molecule has 0 bridgehead atoms. The molecule has 1 aliphatic heterocycles. The summed E-state index contributed by atoms with van der Waals surface area (Å²) in [6.07, 6.45) is 7.41. The standard InChI is InChI=1S/C24H22Si.2ClH.Ti/c1-19-11-9-17-23(19)25(21-13-5-3-6-14-21,22-15-7-4-8-16-22)24-18-10-12-20(24)2;;;/h3-8,11-16H,9-10H2,1-2H3;2*1H;/q;;;+2/p-2. The van der Waals surface area contributed by atoms with Crippen LogP contribution < -0.4 is 35.2 Å². The molecule has 5 rings (SSSR count). The Hall–Kier alpha value is -1.09. The van der Waals surface area contributed by atoms with Gasteiger partial charge in [0.15, 0.2) is 0 Å². The molecule has 3 aliphatic rings. The minimum Gasteiger partial charge on any atom is -1.00 e. The largest absolute Gasteiger partial charge is 1.00 e. The van der Waals surface area contributed by atoms with Crippen molar-refractivity contribution in [3.8, 4) is 0 Å². The fourth-order valence-corrected chi connectivity index (χ4v) is 15.2. The fourth-order valence-electron chi connectivity index (χ4n) is 5.09. The van der Waals surface area contributed by atoms with Crippen molar-refractivity contribution >= 4 is 18.4 Å². The van der Waals surface area contributed by atoms with Crippen LogP contribution in [-0.2, 0) is 19.2 Å². The molecule has 0 aromatic heterocycles. The van der Waals surface area contributed by atoms with Gasteiger partial charge in [-0.3, -0.25) is 0 Å². The Kier molecular flexibility index (Phi) is 6.44. The summed E-state index contributed by atoms with van der Waals surface area (Å²) in [5.74, 6) is 0. The SMILES string of the molecule is CC1=CC[C]2=C1[Si](c1ccccc1)(c1ccccc1)C1=[C](CC=C1C)[Ti+2]2.[Cl-].[Cl-]. The minimum absolute atomic E-state index is 0. The van der Waals surface area contributed by atoms with Gasteiger partial charge in [0.2, 0.25) is 0 Å². The third-order valence-corrected chi connectivity index (χ3v) is 14.5. The van der Waals surface area contributed by atoms with Crippen LogP contribution in [-0.4, -0.2) is 8.07 Å². The Balaban J connectivity index is 0.00000112. The molecule has 1 heterocycles. The molecule has 2 aliphatic carbocycles. The van der Waals surface area contributed by atoms with Crippen molar-refractivity contribution in [1.82, 2.24) is 0 Å². The van der Waals surface area contributed by atoms with E-state index in [2.05, 4.69) is 86.7 Å². The quantitative estimate of drug-likeness (QED) is 0.489. The molecule has 140 valence electrons. The molecule has 2 aromatic rings. The summed E-state index contributed by atoms with van der Waals surface area (Å²) >= 11 is -0.139. The number of benzene rings is 2. The van der Waals surface area contributed by atoms with Crippen LogP contribution in [0.15, 0.2) is 102 Å². The van der Waals surface area contributed by atoms with Gasteiger partial charge in [0.25, 0.3) is 0 Å². The maximum Gasteiger partial charge on any atom is -1.00 e. The van der Waals surface area contributed by atoms with Crippen molar-refractivity contribution in [2.24, 2.45) is 0 Å². The summed E-state index contributed by atoms with van der Waals surface area (Å²) in [5, 5.41) is 6.62. The van der Waals surface area contributed by atoms with E-state index in [1.165, 1.54) is 12.8 Å². The van der Waals surface area contributed by atoms with Crippen molar-refractivity contribution in [3.63, 3.8) is 0 Å². The van der Waals surface area contributed by atoms with E-state index in [0.29, 0.717) is 0 Å². The van der Waals surface area contributed by atoms with E-state index in [-0.39, 0.29) is 44.0 Å². The van der Waals surface area contributed by atoms with Gasteiger partial charge in [0.05, 0.1) is 0 Å². The Morgan fingerprint density at radius 3 is 1.43 bits per heavy atom. The summed E-state index contributed by atoms with van der Waals surface area (Å²) < 4.78 is 3.62. The molecular formula is C24H22Cl2SiTi. The molecule has 0 atom stereocenters. The first kappa shape index (κ1) is 21.6. The second kappa shape index (κ2) is 8.34. The van der Waals surface area contributed by atoms with Crippen LogP contribution >= 0.6 is 0 Å². The summed E-state index contributed by atoms with van der Waals surface area (Å²) in [5.41, 5.74) is 3.10. The maximum absolute atomic E-state index is 2.50. The van der Waals surface area contributed by atoms with Crippen LogP contribution in [0.2, 0.25) is 0 Å². The number of hydrogen-bond acceptors (Lipinski definition) is 0. The van der Waals surface area contributed by atoms with Crippen molar-refractivity contribution in [1.29, 1.82) is 0 Å². The van der Waals surface area contributed by atoms with E-state index in [1.807, 2.05) is 7.76 Å². The van der Waals surface area contributed by atoms with Gasteiger partial charge in [0, 0.05) is 0 Å². The average Bonchev–Trinajstić information content (AvgIpc) is 3.25. The van der Waals surface area contributed by atoms with Gasteiger partial charge in [-0.1, -0.05) is 0 Å². The smallest absolute Gasteiger partial charge is 1.00 e. The summed E-state index contributed by atoms with van der Waals surface area (Å²) in [7, 11) is -2.17. The Morgan fingerprint density at radius 1 is 0.643 bits per heavy atom. The van der Waals surface area contributed by atoms with Crippen LogP contribution in [0, 0.1) is 0 Å². The fraction of sp³-hybridized carbons (Fsp3) is 0.167. The zero-order valence-electron chi connectivity index (χ0n) is 16.1. The minimum atomic E-state index is -2.17. The van der Waals surface area contributed by atoms with Crippen molar-refractivity contribution in [3.05, 3.63) is 102 Å². The first-order valence-electron chi connectivity index (χ1n) is 9.42. The first-order chi connectivity index (χ1) is 12.7. The van der Waals surface area contributed by atoms with Gasteiger partial charge < -0.3 is 24.8 Å². The van der Waals surface area contributed by atoms with Gasteiger partial charge in [0.1, 0.15) is 0 Å². The van der Waals surface area contributed by atoms with Gasteiger partial charge >= 0.3 is 166 Å². The number of rotatable bonds is 2. The van der Waals surface area contributed by atoms with Crippen molar-refractivity contribution < 1.29 is 44.0 Å². The Bertz CT molecular complexity index is 934. The van der Waals surface area contributed by atoms with Crippen LogP contribution in [0.1, 0.15) is 26.7 Å². The molecular weight excluding hydrogens is 435 g/mol. The topological polar surface area (TPSA) is 0 Å².